The third kappa shape index (κ3) is 33.9. The van der Waals surface area contributed by atoms with Crippen LogP contribution in [0.4, 0.5) is 0 Å². The van der Waals surface area contributed by atoms with Crippen molar-refractivity contribution in [3.63, 3.8) is 0 Å². The fraction of sp³-hybridized carbons (Fsp3) is 0.737. The monoisotopic (exact) mass is 697 g/mol. The van der Waals surface area contributed by atoms with Gasteiger partial charge in [-0.15, -0.1) is 0 Å². The second-order valence-corrected chi connectivity index (χ2v) is 14.7. The average molecular weight is 698 g/mol. The van der Waals surface area contributed by atoms with Gasteiger partial charge in [0.2, 0.25) is 0 Å². The molecule has 0 saturated heterocycles. The van der Waals surface area contributed by atoms with Crippen LogP contribution in [0.1, 0.15) is 129 Å². The first-order chi connectivity index (χ1) is 23.0. The molecule has 10 heteroatoms. The number of unbranched alkanes of at least 4 members (excludes halogenated alkanes) is 13. The highest BCUT2D eigenvalue weighted by Gasteiger charge is 2.21. The second kappa shape index (κ2) is 31.0. The standard InChI is InChI=1S/C38H68NO8P/c1-6-8-10-12-14-16-17-18-19-20-21-23-25-27-29-31-38(41)47-36(35-46-48(42,43)45-33-32-39(3,4)5)34-44-37(40)30-28-26-24-22-15-13-11-9-7-2/h8,10,12,14,16-19,36H,6-7,9,11,13,15,20-35H2,1-5H3/b10-8+,14-12+,17-16+,19-18+/t36-/m1/s1. The molecule has 0 aromatic carbocycles. The number of likely N-dealkylation sites (N-methyl/N-ethyl adjacent to an activating group) is 1. The number of phosphoric ester groups is 1. The quantitative estimate of drug-likeness (QED) is 0.0225. The molecule has 0 aromatic heterocycles. The summed E-state index contributed by atoms with van der Waals surface area (Å²) in [4.78, 5) is 37.2. The highest BCUT2D eigenvalue weighted by atomic mass is 31.2. The number of hydrogen-bond acceptors (Lipinski definition) is 8. The van der Waals surface area contributed by atoms with Crippen LogP contribution in [0, 0.1) is 0 Å². The van der Waals surface area contributed by atoms with Crippen LogP contribution in [0.15, 0.2) is 48.6 Å². The van der Waals surface area contributed by atoms with Gasteiger partial charge < -0.3 is 27.9 Å². The van der Waals surface area contributed by atoms with Crippen LogP contribution in [0.25, 0.3) is 0 Å². The molecule has 0 saturated carbocycles. The fourth-order valence-electron chi connectivity index (χ4n) is 4.55. The maximum Gasteiger partial charge on any atom is 0.306 e. The molecule has 0 amide bonds. The zero-order chi connectivity index (χ0) is 35.8. The molecule has 1 unspecified atom stereocenters. The number of allylic oxidation sites excluding steroid dienone is 8. The van der Waals surface area contributed by atoms with Gasteiger partial charge in [0.05, 0.1) is 27.7 Å². The van der Waals surface area contributed by atoms with Crippen LogP contribution in [-0.2, 0) is 32.7 Å². The van der Waals surface area contributed by atoms with E-state index in [2.05, 4.69) is 32.1 Å². The number of rotatable bonds is 32. The van der Waals surface area contributed by atoms with Crippen LogP contribution < -0.4 is 4.89 Å². The lowest BCUT2D eigenvalue weighted by atomic mass is 10.1. The molecule has 0 aliphatic rings. The number of carbonyl (C=O) groups excluding carboxylic acids is 2. The molecule has 278 valence electrons. The zero-order valence-electron chi connectivity index (χ0n) is 30.9. The van der Waals surface area contributed by atoms with Gasteiger partial charge in [0.1, 0.15) is 19.8 Å². The van der Waals surface area contributed by atoms with Crippen molar-refractivity contribution in [2.45, 2.75) is 136 Å². The largest absolute Gasteiger partial charge is 0.756 e. The van der Waals surface area contributed by atoms with E-state index in [0.29, 0.717) is 17.4 Å². The molecule has 0 bridgehead atoms. The van der Waals surface area contributed by atoms with Gasteiger partial charge in [-0.25, -0.2) is 0 Å². The van der Waals surface area contributed by atoms with E-state index >= 15 is 0 Å². The topological polar surface area (TPSA) is 111 Å². The summed E-state index contributed by atoms with van der Waals surface area (Å²) < 4.78 is 33.6. The second-order valence-electron chi connectivity index (χ2n) is 13.3. The molecule has 0 aromatic rings. The van der Waals surface area contributed by atoms with Crippen molar-refractivity contribution in [3.8, 4) is 0 Å². The average Bonchev–Trinajstić information content (AvgIpc) is 3.02. The summed E-state index contributed by atoms with van der Waals surface area (Å²) >= 11 is 0. The van der Waals surface area contributed by atoms with Crippen LogP contribution in [-0.4, -0.2) is 70.0 Å². The molecular formula is C38H68NO8P. The van der Waals surface area contributed by atoms with Gasteiger partial charge in [0.25, 0.3) is 7.82 Å². The van der Waals surface area contributed by atoms with Crippen LogP contribution in [0.3, 0.4) is 0 Å². The van der Waals surface area contributed by atoms with Gasteiger partial charge in [-0.1, -0.05) is 133 Å². The number of quaternary nitrogens is 1. The van der Waals surface area contributed by atoms with E-state index in [1.807, 2.05) is 51.5 Å². The third-order valence-corrected chi connectivity index (χ3v) is 8.42. The SMILES string of the molecule is CC/C=C/C=C/C=C/C=C/CCCCCCCC(=O)O[C@H](COC(=O)CCCCCCCCCCC)COP(=O)([O-])OCC[N+](C)(C)C. The number of nitrogens with zero attached hydrogens (tertiary/aromatic N) is 1. The maximum absolute atomic E-state index is 12.6. The van der Waals surface area contributed by atoms with Crippen molar-refractivity contribution in [1.82, 2.24) is 0 Å². The molecule has 0 heterocycles. The Morgan fingerprint density at radius 1 is 0.667 bits per heavy atom. The maximum atomic E-state index is 12.6. The smallest absolute Gasteiger partial charge is 0.306 e. The van der Waals surface area contributed by atoms with Gasteiger partial charge in [-0.2, -0.15) is 0 Å². The number of hydrogen-bond donors (Lipinski definition) is 0. The Bertz CT molecular complexity index is 970. The molecule has 0 aliphatic carbocycles. The molecule has 0 rings (SSSR count). The molecular weight excluding hydrogens is 629 g/mol. The van der Waals surface area contributed by atoms with Crippen molar-refractivity contribution in [2.24, 2.45) is 0 Å². The highest BCUT2D eigenvalue weighted by Crippen LogP contribution is 2.38. The minimum absolute atomic E-state index is 0.0371. The molecule has 0 spiro atoms. The first-order valence-corrected chi connectivity index (χ1v) is 19.9. The molecule has 2 atom stereocenters. The summed E-state index contributed by atoms with van der Waals surface area (Å²) in [7, 11) is 1.14. The van der Waals surface area contributed by atoms with Crippen LogP contribution in [0.5, 0.6) is 0 Å². The highest BCUT2D eigenvalue weighted by molar-refractivity contribution is 7.45. The Balaban J connectivity index is 4.51. The van der Waals surface area contributed by atoms with Gasteiger partial charge >= 0.3 is 11.9 Å². The van der Waals surface area contributed by atoms with Crippen molar-refractivity contribution in [1.29, 1.82) is 0 Å². The van der Waals surface area contributed by atoms with E-state index in [0.717, 1.165) is 57.8 Å². The molecule has 0 aliphatic heterocycles. The predicted molar refractivity (Wildman–Crippen MR) is 194 cm³/mol. The number of esters is 2. The van der Waals surface area contributed by atoms with Gasteiger partial charge in [-0.3, -0.25) is 14.2 Å². The van der Waals surface area contributed by atoms with Crippen LogP contribution in [0.2, 0.25) is 0 Å². The van der Waals surface area contributed by atoms with Gasteiger partial charge in [0.15, 0.2) is 6.10 Å². The van der Waals surface area contributed by atoms with Crippen molar-refractivity contribution >= 4 is 19.8 Å². The number of phosphoric acid groups is 1. The lowest BCUT2D eigenvalue weighted by molar-refractivity contribution is -0.870. The third-order valence-electron chi connectivity index (χ3n) is 7.46. The van der Waals surface area contributed by atoms with E-state index < -0.39 is 32.5 Å². The number of carbonyl (C=O) groups is 2. The van der Waals surface area contributed by atoms with Crippen molar-refractivity contribution in [3.05, 3.63) is 48.6 Å². The first-order valence-electron chi connectivity index (χ1n) is 18.4. The predicted octanol–water partition coefficient (Wildman–Crippen LogP) is 8.94. The normalized spacial score (nSPS) is 14.4. The first kappa shape index (κ1) is 46.0. The summed E-state index contributed by atoms with van der Waals surface area (Å²) in [6, 6.07) is 0. The van der Waals surface area contributed by atoms with Crippen LogP contribution >= 0.6 is 7.82 Å². The summed E-state index contributed by atoms with van der Waals surface area (Å²) in [6.45, 7) is 4.00. The Morgan fingerprint density at radius 3 is 1.77 bits per heavy atom. The van der Waals surface area contributed by atoms with Gasteiger partial charge in [-0.05, 0) is 32.1 Å². The molecule has 0 fully saturated rings. The minimum Gasteiger partial charge on any atom is -0.756 e. The Labute approximate surface area is 293 Å². The summed E-state index contributed by atoms with van der Waals surface area (Å²) in [5, 5.41) is 0. The van der Waals surface area contributed by atoms with E-state index in [1.165, 1.54) is 38.5 Å². The molecule has 0 N–H and O–H groups in total. The van der Waals surface area contributed by atoms with E-state index in [9.17, 15) is 19.0 Å². The molecule has 9 nitrogen and oxygen atoms in total. The Morgan fingerprint density at radius 2 is 1.19 bits per heavy atom. The lowest BCUT2D eigenvalue weighted by Gasteiger charge is -2.28. The minimum atomic E-state index is -4.62. The fourth-order valence-corrected chi connectivity index (χ4v) is 5.27. The van der Waals surface area contributed by atoms with Crippen molar-refractivity contribution < 1.29 is 42.1 Å². The molecule has 0 radical (unpaired) electrons. The molecule has 48 heavy (non-hydrogen) atoms. The summed E-state index contributed by atoms with van der Waals surface area (Å²) in [6.07, 6.45) is 32.9. The van der Waals surface area contributed by atoms with Crippen molar-refractivity contribution in [2.75, 3.05) is 47.5 Å². The summed E-state index contributed by atoms with van der Waals surface area (Å²) in [5.74, 6) is -0.870. The van der Waals surface area contributed by atoms with E-state index in [1.54, 1.807) is 0 Å². The van der Waals surface area contributed by atoms with Gasteiger partial charge in [0, 0.05) is 12.8 Å². The zero-order valence-corrected chi connectivity index (χ0v) is 31.8. The Kier molecular flexibility index (Phi) is 29.7. The number of ether oxygens (including phenoxy) is 2. The summed E-state index contributed by atoms with van der Waals surface area (Å²) in [5.41, 5.74) is 0. The van der Waals surface area contributed by atoms with E-state index in [4.69, 9.17) is 18.5 Å². The Hall–Kier alpha value is -2.03. The van der Waals surface area contributed by atoms with E-state index in [-0.39, 0.29) is 26.1 Å². The lowest BCUT2D eigenvalue weighted by Crippen LogP contribution is -2.37.